The summed E-state index contributed by atoms with van der Waals surface area (Å²) in [6.07, 6.45) is 0. The van der Waals surface area contributed by atoms with Crippen LogP contribution in [0.25, 0.3) is 11.0 Å². The molecule has 2 heterocycles. The van der Waals surface area contributed by atoms with Crippen LogP contribution >= 0.6 is 0 Å². The van der Waals surface area contributed by atoms with E-state index in [1.54, 1.807) is 14.2 Å². The van der Waals surface area contributed by atoms with Gasteiger partial charge in [-0.3, -0.25) is 9.36 Å². The zero-order chi connectivity index (χ0) is 23.8. The first kappa shape index (κ1) is 21.6. The first-order chi connectivity index (χ1) is 16.5. The number of carbonyl (C=O) groups is 1. The molecule has 1 aliphatic rings. The second-order valence-corrected chi connectivity index (χ2v) is 8.29. The van der Waals surface area contributed by atoms with Crippen LogP contribution in [-0.2, 0) is 4.79 Å². The summed E-state index contributed by atoms with van der Waals surface area (Å²) in [6, 6.07) is 20.8. The molecule has 7 nitrogen and oxygen atoms in total. The average Bonchev–Trinajstić information content (AvgIpc) is 3.22. The molecule has 0 spiro atoms. The lowest BCUT2D eigenvalue weighted by Gasteiger charge is -2.31. The summed E-state index contributed by atoms with van der Waals surface area (Å²) in [7, 11) is 3.24. The largest absolute Gasteiger partial charge is 0.497 e. The number of fused-ring (bicyclic) bond motifs is 3. The molecule has 7 heteroatoms. The van der Waals surface area contributed by atoms with Gasteiger partial charge >= 0.3 is 0 Å². The number of methoxy groups -OCH3 is 2. The Labute approximate surface area is 198 Å². The molecule has 5 rings (SSSR count). The predicted octanol–water partition coefficient (Wildman–Crippen LogP) is 5.29. The number of carbonyl (C=O) groups excluding carboxylic acids is 1. The van der Waals surface area contributed by atoms with Crippen molar-refractivity contribution in [2.45, 2.75) is 19.9 Å². The van der Waals surface area contributed by atoms with Crippen molar-refractivity contribution in [2.24, 2.45) is 0 Å². The van der Waals surface area contributed by atoms with E-state index in [2.05, 4.69) is 15.2 Å². The van der Waals surface area contributed by atoms with Gasteiger partial charge in [-0.25, -0.2) is 4.98 Å². The molecule has 1 atom stereocenters. The highest BCUT2D eigenvalue weighted by Gasteiger charge is 2.35. The van der Waals surface area contributed by atoms with Crippen LogP contribution in [0.1, 0.15) is 24.1 Å². The Morgan fingerprint density at radius 2 is 1.76 bits per heavy atom. The molecule has 1 amide bonds. The fourth-order valence-corrected chi connectivity index (χ4v) is 4.43. The Morgan fingerprint density at radius 1 is 1.00 bits per heavy atom. The Hall–Kier alpha value is -4.26. The van der Waals surface area contributed by atoms with Crippen LogP contribution in [0.3, 0.4) is 0 Å². The minimum absolute atomic E-state index is 0.194. The molecule has 0 bridgehead atoms. The monoisotopic (exact) mass is 454 g/mol. The van der Waals surface area contributed by atoms with Gasteiger partial charge < -0.3 is 20.1 Å². The molecule has 172 valence electrons. The van der Waals surface area contributed by atoms with Crippen molar-refractivity contribution < 1.29 is 14.3 Å². The lowest BCUT2D eigenvalue weighted by molar-refractivity contribution is -0.113. The molecule has 1 aromatic heterocycles. The van der Waals surface area contributed by atoms with E-state index in [0.717, 1.165) is 33.5 Å². The zero-order valence-electron chi connectivity index (χ0n) is 19.5. The number of nitrogens with one attached hydrogen (secondary N) is 2. The quantitative estimate of drug-likeness (QED) is 0.429. The summed E-state index contributed by atoms with van der Waals surface area (Å²) in [4.78, 5) is 18.5. The third-order valence-electron chi connectivity index (χ3n) is 6.12. The average molecular weight is 455 g/mol. The van der Waals surface area contributed by atoms with E-state index < -0.39 is 6.04 Å². The zero-order valence-corrected chi connectivity index (χ0v) is 19.5. The SMILES string of the molecule is COc1ccc(C2C(C(=O)Nc3ccc(C)cc3)=C(C)Nc3nc4ccccc4n32)c(OC)c1. The number of benzene rings is 3. The number of allylic oxidation sites excluding steroid dienone is 1. The highest BCUT2D eigenvalue weighted by molar-refractivity contribution is 6.06. The van der Waals surface area contributed by atoms with Crippen LogP contribution in [0.4, 0.5) is 11.6 Å². The maximum absolute atomic E-state index is 13.7. The summed E-state index contributed by atoms with van der Waals surface area (Å²) in [5.74, 6) is 1.79. The second-order valence-electron chi connectivity index (χ2n) is 8.29. The smallest absolute Gasteiger partial charge is 0.255 e. The number of hydrogen-bond acceptors (Lipinski definition) is 5. The van der Waals surface area contributed by atoms with Crippen molar-refractivity contribution in [1.82, 2.24) is 9.55 Å². The Balaban J connectivity index is 1.69. The molecule has 1 unspecified atom stereocenters. The van der Waals surface area contributed by atoms with E-state index in [0.29, 0.717) is 23.0 Å². The van der Waals surface area contributed by atoms with Gasteiger partial charge in [0.1, 0.15) is 11.5 Å². The van der Waals surface area contributed by atoms with Crippen LogP contribution in [0.15, 0.2) is 78.0 Å². The number of anilines is 2. The minimum Gasteiger partial charge on any atom is -0.497 e. The van der Waals surface area contributed by atoms with Crippen molar-refractivity contribution in [3.63, 3.8) is 0 Å². The Kier molecular flexibility index (Phi) is 5.45. The van der Waals surface area contributed by atoms with Gasteiger partial charge in [0.25, 0.3) is 5.91 Å². The highest BCUT2D eigenvalue weighted by atomic mass is 16.5. The summed E-state index contributed by atoms with van der Waals surface area (Å²) in [6.45, 7) is 3.91. The normalized spacial score (nSPS) is 15.0. The summed E-state index contributed by atoms with van der Waals surface area (Å²) < 4.78 is 13.2. The molecular weight excluding hydrogens is 428 g/mol. The number of imidazole rings is 1. The van der Waals surface area contributed by atoms with E-state index in [1.165, 1.54) is 0 Å². The molecule has 4 aromatic rings. The van der Waals surface area contributed by atoms with Gasteiger partial charge in [0, 0.05) is 23.0 Å². The summed E-state index contributed by atoms with van der Waals surface area (Å²) >= 11 is 0. The van der Waals surface area contributed by atoms with Crippen LogP contribution in [-0.4, -0.2) is 29.7 Å². The lowest BCUT2D eigenvalue weighted by Crippen LogP contribution is -2.31. The lowest BCUT2D eigenvalue weighted by atomic mass is 9.93. The highest BCUT2D eigenvalue weighted by Crippen LogP contribution is 2.43. The first-order valence-corrected chi connectivity index (χ1v) is 11.0. The van der Waals surface area contributed by atoms with Gasteiger partial charge in [0.05, 0.1) is 36.9 Å². The van der Waals surface area contributed by atoms with Gasteiger partial charge in [-0.15, -0.1) is 0 Å². The molecular formula is C27H26N4O3. The molecule has 34 heavy (non-hydrogen) atoms. The van der Waals surface area contributed by atoms with Crippen molar-refractivity contribution in [2.75, 3.05) is 24.9 Å². The van der Waals surface area contributed by atoms with Crippen molar-refractivity contribution in [3.05, 3.63) is 89.1 Å². The van der Waals surface area contributed by atoms with Crippen molar-refractivity contribution in [1.29, 1.82) is 0 Å². The van der Waals surface area contributed by atoms with E-state index in [9.17, 15) is 4.79 Å². The number of hydrogen-bond donors (Lipinski definition) is 2. The third-order valence-corrected chi connectivity index (χ3v) is 6.12. The number of amides is 1. The molecule has 1 aliphatic heterocycles. The number of rotatable bonds is 5. The number of ether oxygens (including phenoxy) is 2. The second kappa shape index (κ2) is 8.59. The number of para-hydroxylation sites is 2. The Morgan fingerprint density at radius 3 is 2.50 bits per heavy atom. The fraction of sp³-hybridized carbons (Fsp3) is 0.185. The maximum Gasteiger partial charge on any atom is 0.255 e. The van der Waals surface area contributed by atoms with E-state index in [-0.39, 0.29) is 5.91 Å². The van der Waals surface area contributed by atoms with E-state index in [4.69, 9.17) is 14.5 Å². The number of nitrogens with zero attached hydrogens (tertiary/aromatic N) is 2. The van der Waals surface area contributed by atoms with Gasteiger partial charge in [0.2, 0.25) is 5.95 Å². The van der Waals surface area contributed by atoms with Gasteiger partial charge in [-0.1, -0.05) is 29.8 Å². The molecule has 0 radical (unpaired) electrons. The molecule has 0 fully saturated rings. The molecule has 2 N–H and O–H groups in total. The molecule has 0 aliphatic carbocycles. The van der Waals surface area contributed by atoms with E-state index >= 15 is 0 Å². The van der Waals surface area contributed by atoms with Gasteiger partial charge in [-0.2, -0.15) is 0 Å². The fourth-order valence-electron chi connectivity index (χ4n) is 4.43. The maximum atomic E-state index is 13.7. The van der Waals surface area contributed by atoms with Gasteiger partial charge in [-0.05, 0) is 50.2 Å². The summed E-state index contributed by atoms with van der Waals surface area (Å²) in [5, 5.41) is 6.40. The molecule has 0 saturated heterocycles. The third kappa shape index (κ3) is 3.65. The number of aryl methyl sites for hydroxylation is 1. The predicted molar refractivity (Wildman–Crippen MR) is 134 cm³/mol. The van der Waals surface area contributed by atoms with Crippen LogP contribution in [0, 0.1) is 6.92 Å². The summed E-state index contributed by atoms with van der Waals surface area (Å²) in [5.41, 5.74) is 5.77. The van der Waals surface area contributed by atoms with Crippen LogP contribution < -0.4 is 20.1 Å². The standard InChI is InChI=1S/C27H26N4O3/c1-16-9-11-18(12-10-16)29-26(32)24-17(2)28-27-30-21-7-5-6-8-22(21)31(27)25(24)20-14-13-19(33-3)15-23(20)34-4/h5-15,25H,1-4H3,(H,28,30)(H,29,32). The topological polar surface area (TPSA) is 77.4 Å². The van der Waals surface area contributed by atoms with Crippen LogP contribution in [0.5, 0.6) is 11.5 Å². The van der Waals surface area contributed by atoms with Crippen molar-refractivity contribution in [3.8, 4) is 11.5 Å². The van der Waals surface area contributed by atoms with Gasteiger partial charge in [0.15, 0.2) is 0 Å². The van der Waals surface area contributed by atoms with E-state index in [1.807, 2.05) is 80.6 Å². The molecule has 3 aromatic carbocycles. The molecule has 0 saturated carbocycles. The minimum atomic E-state index is -0.463. The number of aromatic nitrogens is 2. The van der Waals surface area contributed by atoms with Crippen LogP contribution in [0.2, 0.25) is 0 Å². The Bertz CT molecular complexity index is 1420. The van der Waals surface area contributed by atoms with Crippen molar-refractivity contribution >= 4 is 28.6 Å². The first-order valence-electron chi connectivity index (χ1n) is 11.0.